The summed E-state index contributed by atoms with van der Waals surface area (Å²) in [4.78, 5) is 14.4. The summed E-state index contributed by atoms with van der Waals surface area (Å²) >= 11 is 6.40. The molecule has 2 aliphatic rings. The second-order valence-corrected chi connectivity index (χ2v) is 9.13. The fraction of sp³-hybridized carbons (Fsp3) is 0.650. The van der Waals surface area contributed by atoms with Gasteiger partial charge in [0, 0.05) is 23.5 Å². The Hall–Kier alpha value is -1.22. The van der Waals surface area contributed by atoms with Gasteiger partial charge in [-0.1, -0.05) is 30.7 Å². The topological polar surface area (TPSA) is 29.5 Å². The first-order chi connectivity index (χ1) is 11.1. The van der Waals surface area contributed by atoms with Crippen LogP contribution in [0.1, 0.15) is 51.7 Å². The Kier molecular flexibility index (Phi) is 4.36. The van der Waals surface area contributed by atoms with Gasteiger partial charge in [0.2, 0.25) is 0 Å². The molecule has 1 aliphatic heterocycles. The normalized spacial score (nSPS) is 29.7. The number of rotatable bonds is 1. The molecular weight excluding hydrogens is 322 g/mol. The van der Waals surface area contributed by atoms with Crippen LogP contribution in [0.3, 0.4) is 0 Å². The van der Waals surface area contributed by atoms with Crippen molar-refractivity contribution in [3.63, 3.8) is 0 Å². The molecule has 1 amide bonds. The number of nitrogens with zero attached hydrogens (tertiary/aromatic N) is 1. The molecule has 132 valence electrons. The zero-order valence-electron chi connectivity index (χ0n) is 15.4. The maximum Gasteiger partial charge on any atom is 0.410 e. The molecule has 3 atom stereocenters. The molecular formula is C20H28ClNO2. The highest BCUT2D eigenvalue weighted by atomic mass is 35.5. The van der Waals surface area contributed by atoms with Crippen LogP contribution in [-0.2, 0) is 10.2 Å². The molecule has 3 nitrogen and oxygen atoms in total. The molecule has 0 spiro atoms. The van der Waals surface area contributed by atoms with Crippen LogP contribution < -0.4 is 0 Å². The molecule has 4 heteroatoms. The molecule has 1 aliphatic carbocycles. The van der Waals surface area contributed by atoms with Crippen LogP contribution in [0.2, 0.25) is 5.02 Å². The van der Waals surface area contributed by atoms with Crippen LogP contribution in [0.25, 0.3) is 0 Å². The van der Waals surface area contributed by atoms with Crippen molar-refractivity contribution in [3.8, 4) is 0 Å². The minimum absolute atomic E-state index is 0.0215. The number of ether oxygens (including phenoxy) is 1. The van der Waals surface area contributed by atoms with Crippen LogP contribution in [0.4, 0.5) is 4.79 Å². The van der Waals surface area contributed by atoms with E-state index in [-0.39, 0.29) is 11.5 Å². The molecule has 0 aromatic heterocycles. The third kappa shape index (κ3) is 3.15. The lowest BCUT2D eigenvalue weighted by molar-refractivity contribution is 0.0274. The van der Waals surface area contributed by atoms with E-state index in [0.29, 0.717) is 11.8 Å². The number of carbonyl (C=O) groups excluding carboxylic acids is 1. The highest BCUT2D eigenvalue weighted by Gasteiger charge is 2.54. The first-order valence-corrected chi connectivity index (χ1v) is 9.23. The quantitative estimate of drug-likeness (QED) is 0.698. The predicted molar refractivity (Wildman–Crippen MR) is 97.6 cm³/mol. The van der Waals surface area contributed by atoms with Crippen LogP contribution in [0, 0.1) is 18.8 Å². The molecule has 0 N–H and O–H groups in total. The third-order valence-corrected chi connectivity index (χ3v) is 5.90. The van der Waals surface area contributed by atoms with Crippen LogP contribution in [-0.4, -0.2) is 29.7 Å². The summed E-state index contributed by atoms with van der Waals surface area (Å²) in [6, 6.07) is 6.41. The van der Waals surface area contributed by atoms with Gasteiger partial charge in [-0.2, -0.15) is 0 Å². The van der Waals surface area contributed by atoms with Crippen molar-refractivity contribution in [2.75, 3.05) is 13.1 Å². The van der Waals surface area contributed by atoms with Gasteiger partial charge in [-0.05, 0) is 69.6 Å². The maximum absolute atomic E-state index is 12.5. The molecule has 1 heterocycles. The molecule has 1 aromatic rings. The van der Waals surface area contributed by atoms with E-state index in [1.165, 1.54) is 5.56 Å². The third-order valence-electron chi connectivity index (χ3n) is 5.49. The number of benzene rings is 1. The summed E-state index contributed by atoms with van der Waals surface area (Å²) < 4.78 is 5.60. The largest absolute Gasteiger partial charge is 0.444 e. The number of amides is 1. The molecule has 1 saturated carbocycles. The van der Waals surface area contributed by atoms with E-state index in [4.69, 9.17) is 16.3 Å². The van der Waals surface area contributed by atoms with Crippen molar-refractivity contribution >= 4 is 17.7 Å². The average Bonchev–Trinajstić information content (AvgIpc) is 2.93. The Labute approximate surface area is 150 Å². The van der Waals surface area contributed by atoms with Crippen molar-refractivity contribution in [1.29, 1.82) is 0 Å². The number of aryl methyl sites for hydroxylation is 1. The predicted octanol–water partition coefficient (Wildman–Crippen LogP) is 5.18. The number of likely N-dealkylation sites (tertiary alicyclic amines) is 1. The average molecular weight is 350 g/mol. The lowest BCUT2D eigenvalue weighted by Crippen LogP contribution is -2.38. The lowest BCUT2D eigenvalue weighted by atomic mass is 9.74. The number of hydrogen-bond donors (Lipinski definition) is 0. The van der Waals surface area contributed by atoms with E-state index in [1.54, 1.807) is 0 Å². The van der Waals surface area contributed by atoms with E-state index < -0.39 is 5.60 Å². The van der Waals surface area contributed by atoms with Gasteiger partial charge in [0.15, 0.2) is 0 Å². The fourth-order valence-corrected chi connectivity index (χ4v) is 4.69. The molecule has 3 rings (SSSR count). The van der Waals surface area contributed by atoms with Crippen LogP contribution in [0.15, 0.2) is 18.2 Å². The zero-order chi connectivity index (χ0) is 17.7. The van der Waals surface area contributed by atoms with Crippen molar-refractivity contribution in [2.45, 2.75) is 58.5 Å². The van der Waals surface area contributed by atoms with Crippen LogP contribution in [0.5, 0.6) is 0 Å². The highest BCUT2D eigenvalue weighted by Crippen LogP contribution is 2.53. The summed E-state index contributed by atoms with van der Waals surface area (Å²) in [5.41, 5.74) is 1.94. The SMILES string of the molecule is Cc1ccc([C@@]23CC(C)C[C@@H]2CN(C(=O)OC(C)(C)C)C3)cc1Cl. The first kappa shape index (κ1) is 17.6. The smallest absolute Gasteiger partial charge is 0.410 e. The van der Waals surface area contributed by atoms with Gasteiger partial charge in [0.25, 0.3) is 0 Å². The number of hydrogen-bond acceptors (Lipinski definition) is 2. The minimum atomic E-state index is -0.456. The van der Waals surface area contributed by atoms with Crippen LogP contribution >= 0.6 is 11.6 Å². The maximum atomic E-state index is 12.5. The minimum Gasteiger partial charge on any atom is -0.444 e. The molecule has 0 radical (unpaired) electrons. The molecule has 1 aromatic carbocycles. The van der Waals surface area contributed by atoms with Crippen molar-refractivity contribution < 1.29 is 9.53 Å². The van der Waals surface area contributed by atoms with Crippen molar-refractivity contribution in [1.82, 2.24) is 4.90 Å². The summed E-state index contributed by atoms with van der Waals surface area (Å²) in [5.74, 6) is 1.16. The van der Waals surface area contributed by atoms with Gasteiger partial charge in [0.05, 0.1) is 0 Å². The van der Waals surface area contributed by atoms with Gasteiger partial charge in [-0.3, -0.25) is 0 Å². The summed E-state index contributed by atoms with van der Waals surface area (Å²) in [7, 11) is 0. The van der Waals surface area contributed by atoms with Gasteiger partial charge in [0.1, 0.15) is 5.60 Å². The van der Waals surface area contributed by atoms with Gasteiger partial charge in [-0.25, -0.2) is 4.79 Å². The summed E-state index contributed by atoms with van der Waals surface area (Å²) in [6.07, 6.45) is 2.07. The Balaban J connectivity index is 1.89. The number of carbonyl (C=O) groups is 1. The Morgan fingerprint density at radius 2 is 2.08 bits per heavy atom. The number of fused-ring (bicyclic) bond motifs is 1. The molecule has 0 bridgehead atoms. The highest BCUT2D eigenvalue weighted by molar-refractivity contribution is 6.31. The van der Waals surface area contributed by atoms with Gasteiger partial charge >= 0.3 is 6.09 Å². The standard InChI is InChI=1S/C20H28ClNO2/c1-13-8-16-11-22(18(23)24-19(3,4)5)12-20(16,10-13)15-7-6-14(2)17(21)9-15/h6-7,9,13,16H,8,10-12H2,1-5H3/t13?,16-,20+/m1/s1. The summed E-state index contributed by atoms with van der Waals surface area (Å²) in [5, 5.41) is 0.816. The lowest BCUT2D eigenvalue weighted by Gasteiger charge is -2.31. The van der Waals surface area contributed by atoms with E-state index in [2.05, 4.69) is 25.1 Å². The monoisotopic (exact) mass is 349 g/mol. The second-order valence-electron chi connectivity index (χ2n) is 8.72. The Morgan fingerprint density at radius 1 is 1.38 bits per heavy atom. The first-order valence-electron chi connectivity index (χ1n) is 8.85. The Morgan fingerprint density at radius 3 is 2.71 bits per heavy atom. The molecule has 1 unspecified atom stereocenters. The van der Waals surface area contributed by atoms with E-state index in [9.17, 15) is 4.79 Å². The van der Waals surface area contributed by atoms with E-state index >= 15 is 0 Å². The Bertz CT molecular complexity index is 652. The van der Waals surface area contributed by atoms with E-state index in [0.717, 1.165) is 36.5 Å². The number of halogens is 1. The zero-order valence-corrected chi connectivity index (χ0v) is 16.1. The van der Waals surface area contributed by atoms with Gasteiger partial charge < -0.3 is 9.64 Å². The van der Waals surface area contributed by atoms with Gasteiger partial charge in [-0.15, -0.1) is 0 Å². The van der Waals surface area contributed by atoms with Crippen molar-refractivity contribution in [2.24, 2.45) is 11.8 Å². The van der Waals surface area contributed by atoms with E-state index in [1.807, 2.05) is 32.6 Å². The fourth-order valence-electron chi connectivity index (χ4n) is 4.51. The molecule has 1 saturated heterocycles. The van der Waals surface area contributed by atoms with Crippen molar-refractivity contribution in [3.05, 3.63) is 34.3 Å². The summed E-state index contributed by atoms with van der Waals surface area (Å²) in [6.45, 7) is 11.6. The second kappa shape index (κ2) is 5.94. The molecule has 24 heavy (non-hydrogen) atoms. The molecule has 2 fully saturated rings.